The molecule has 2 aromatic heterocycles. The number of nitrogens with zero attached hydrogens (tertiary/aromatic N) is 3. The summed E-state index contributed by atoms with van der Waals surface area (Å²) in [5, 5.41) is 0. The lowest BCUT2D eigenvalue weighted by Gasteiger charge is -2.25. The molecule has 26 heavy (non-hydrogen) atoms. The first kappa shape index (κ1) is 18.6. The second kappa shape index (κ2) is 7.99. The Morgan fingerprint density at radius 2 is 2.00 bits per heavy atom. The van der Waals surface area contributed by atoms with E-state index in [9.17, 15) is 4.39 Å². The lowest BCUT2D eigenvalue weighted by atomic mass is 9.99. The minimum Gasteiger partial charge on any atom is -0.481 e. The number of hydrogen-bond acceptors (Lipinski definition) is 5. The van der Waals surface area contributed by atoms with E-state index in [0.717, 1.165) is 31.6 Å². The number of halogens is 1. The van der Waals surface area contributed by atoms with Crippen molar-refractivity contribution >= 4 is 0 Å². The van der Waals surface area contributed by atoms with Gasteiger partial charge in [-0.05, 0) is 50.8 Å². The molecule has 1 saturated heterocycles. The maximum atomic E-state index is 14.2. The predicted molar refractivity (Wildman–Crippen MR) is 98.1 cm³/mol. The van der Waals surface area contributed by atoms with Gasteiger partial charge >= 0.3 is 0 Å². The van der Waals surface area contributed by atoms with Crippen LogP contribution in [0.15, 0.2) is 24.4 Å². The van der Waals surface area contributed by atoms with Crippen molar-refractivity contribution in [2.24, 2.45) is 5.92 Å². The van der Waals surface area contributed by atoms with Crippen LogP contribution in [0.1, 0.15) is 36.2 Å². The van der Waals surface area contributed by atoms with Crippen LogP contribution in [0, 0.1) is 18.7 Å². The summed E-state index contributed by atoms with van der Waals surface area (Å²) in [6, 6.07) is 5.81. The molecule has 0 saturated carbocycles. The molecular weight excluding hydrogens is 333 g/mol. The van der Waals surface area contributed by atoms with E-state index in [0.29, 0.717) is 23.2 Å². The zero-order valence-electron chi connectivity index (χ0n) is 15.8. The summed E-state index contributed by atoms with van der Waals surface area (Å²) < 4.78 is 24.6. The molecule has 2 atom stereocenters. The number of aryl methyl sites for hydroxylation is 1. The Kier molecular flexibility index (Phi) is 5.71. The van der Waals surface area contributed by atoms with Gasteiger partial charge in [-0.2, -0.15) is 0 Å². The fourth-order valence-corrected chi connectivity index (χ4v) is 3.71. The second-order valence-corrected chi connectivity index (χ2v) is 6.94. The SMILES string of the molecule is COc1cc(C(C)N2CCC(Cc3cc(C)nc(OC)c3)C2)c(F)cn1. The van der Waals surface area contributed by atoms with Crippen LogP contribution in [-0.2, 0) is 6.42 Å². The van der Waals surface area contributed by atoms with Crippen molar-refractivity contribution in [1.29, 1.82) is 0 Å². The van der Waals surface area contributed by atoms with E-state index in [1.165, 1.54) is 11.8 Å². The molecule has 2 unspecified atom stereocenters. The van der Waals surface area contributed by atoms with Crippen molar-refractivity contribution in [2.75, 3.05) is 27.3 Å². The van der Waals surface area contributed by atoms with Gasteiger partial charge in [-0.1, -0.05) is 0 Å². The van der Waals surface area contributed by atoms with E-state index < -0.39 is 0 Å². The van der Waals surface area contributed by atoms with Gasteiger partial charge in [0, 0.05) is 36.0 Å². The summed E-state index contributed by atoms with van der Waals surface area (Å²) in [7, 11) is 3.19. The van der Waals surface area contributed by atoms with Crippen LogP contribution in [0.3, 0.4) is 0 Å². The molecule has 0 bridgehead atoms. The third-order valence-electron chi connectivity index (χ3n) is 5.11. The number of methoxy groups -OCH3 is 2. The van der Waals surface area contributed by atoms with Crippen LogP contribution in [0.4, 0.5) is 4.39 Å². The Balaban J connectivity index is 1.68. The van der Waals surface area contributed by atoms with E-state index in [4.69, 9.17) is 9.47 Å². The summed E-state index contributed by atoms with van der Waals surface area (Å²) in [6.45, 7) is 5.92. The van der Waals surface area contributed by atoms with Gasteiger partial charge < -0.3 is 9.47 Å². The molecule has 5 nitrogen and oxygen atoms in total. The molecule has 0 spiro atoms. The van der Waals surface area contributed by atoms with Gasteiger partial charge in [-0.3, -0.25) is 4.90 Å². The maximum Gasteiger partial charge on any atom is 0.213 e. The highest BCUT2D eigenvalue weighted by Gasteiger charge is 2.28. The summed E-state index contributed by atoms with van der Waals surface area (Å²) in [4.78, 5) is 10.6. The predicted octanol–water partition coefficient (Wildman–Crippen LogP) is 3.57. The zero-order valence-corrected chi connectivity index (χ0v) is 15.8. The monoisotopic (exact) mass is 359 g/mol. The largest absolute Gasteiger partial charge is 0.481 e. The maximum absolute atomic E-state index is 14.2. The first-order valence-corrected chi connectivity index (χ1v) is 8.95. The molecule has 0 aromatic carbocycles. The normalized spacial score (nSPS) is 18.7. The Morgan fingerprint density at radius 3 is 2.73 bits per heavy atom. The molecule has 0 amide bonds. The van der Waals surface area contributed by atoms with Gasteiger partial charge in [-0.25, -0.2) is 14.4 Å². The van der Waals surface area contributed by atoms with E-state index in [1.807, 2.05) is 19.9 Å². The molecular formula is C20H26FN3O2. The summed E-state index contributed by atoms with van der Waals surface area (Å²) in [6.07, 6.45) is 3.31. The Morgan fingerprint density at radius 1 is 1.23 bits per heavy atom. The average molecular weight is 359 g/mol. The van der Waals surface area contributed by atoms with Crippen LogP contribution in [0.25, 0.3) is 0 Å². The van der Waals surface area contributed by atoms with Gasteiger partial charge in [0.1, 0.15) is 5.82 Å². The number of likely N-dealkylation sites (tertiary alicyclic amines) is 1. The summed E-state index contributed by atoms with van der Waals surface area (Å²) >= 11 is 0. The lowest BCUT2D eigenvalue weighted by molar-refractivity contribution is 0.246. The van der Waals surface area contributed by atoms with Gasteiger partial charge in [0.2, 0.25) is 11.8 Å². The molecule has 0 N–H and O–H groups in total. The summed E-state index contributed by atoms with van der Waals surface area (Å²) in [5.41, 5.74) is 2.85. The molecule has 1 fully saturated rings. The highest BCUT2D eigenvalue weighted by molar-refractivity contribution is 5.26. The fraction of sp³-hybridized carbons (Fsp3) is 0.500. The van der Waals surface area contributed by atoms with Crippen molar-refractivity contribution in [2.45, 2.75) is 32.7 Å². The average Bonchev–Trinajstić information content (AvgIpc) is 3.09. The number of pyridine rings is 2. The van der Waals surface area contributed by atoms with Crippen molar-refractivity contribution in [3.63, 3.8) is 0 Å². The lowest BCUT2D eigenvalue weighted by Crippen LogP contribution is -2.25. The quantitative estimate of drug-likeness (QED) is 0.789. The van der Waals surface area contributed by atoms with Crippen molar-refractivity contribution in [3.8, 4) is 11.8 Å². The molecule has 0 radical (unpaired) electrons. The van der Waals surface area contributed by atoms with Gasteiger partial charge in [0.25, 0.3) is 0 Å². The van der Waals surface area contributed by atoms with Gasteiger partial charge in [0.15, 0.2) is 0 Å². The molecule has 3 heterocycles. The van der Waals surface area contributed by atoms with E-state index >= 15 is 0 Å². The van der Waals surface area contributed by atoms with Gasteiger partial charge in [-0.15, -0.1) is 0 Å². The number of rotatable bonds is 6. The number of aromatic nitrogens is 2. The zero-order chi connectivity index (χ0) is 18.7. The Labute approximate surface area is 154 Å². The molecule has 6 heteroatoms. The third-order valence-corrected chi connectivity index (χ3v) is 5.11. The van der Waals surface area contributed by atoms with Gasteiger partial charge in [0.05, 0.1) is 20.4 Å². The highest BCUT2D eigenvalue weighted by Crippen LogP contribution is 2.31. The molecule has 1 aliphatic heterocycles. The van der Waals surface area contributed by atoms with Crippen molar-refractivity contribution in [1.82, 2.24) is 14.9 Å². The van der Waals surface area contributed by atoms with Crippen LogP contribution in [0.2, 0.25) is 0 Å². The highest BCUT2D eigenvalue weighted by atomic mass is 19.1. The molecule has 140 valence electrons. The number of hydrogen-bond donors (Lipinski definition) is 0. The van der Waals surface area contributed by atoms with E-state index in [-0.39, 0.29) is 11.9 Å². The minimum absolute atomic E-state index is 0.00869. The molecule has 1 aliphatic rings. The first-order valence-electron chi connectivity index (χ1n) is 8.95. The molecule has 0 aliphatic carbocycles. The fourth-order valence-electron chi connectivity index (χ4n) is 3.71. The Hall–Kier alpha value is -2.21. The van der Waals surface area contributed by atoms with Crippen LogP contribution < -0.4 is 9.47 Å². The second-order valence-electron chi connectivity index (χ2n) is 6.94. The first-order chi connectivity index (χ1) is 12.5. The number of ether oxygens (including phenoxy) is 2. The topological polar surface area (TPSA) is 47.5 Å². The molecule has 3 rings (SSSR count). The third kappa shape index (κ3) is 4.12. The smallest absolute Gasteiger partial charge is 0.213 e. The van der Waals surface area contributed by atoms with Crippen LogP contribution >= 0.6 is 0 Å². The molecule has 2 aromatic rings. The standard InChI is InChI=1S/C20H26FN3O2/c1-13-7-16(9-20(23-13)26-4)8-15-5-6-24(12-15)14(2)17-10-19(25-3)22-11-18(17)21/h7,9-11,14-15H,5-6,8,12H2,1-4H3. The Bertz CT molecular complexity index is 769. The van der Waals surface area contributed by atoms with Crippen LogP contribution in [0.5, 0.6) is 11.8 Å². The van der Waals surface area contributed by atoms with E-state index in [2.05, 4.69) is 20.9 Å². The van der Waals surface area contributed by atoms with Crippen molar-refractivity contribution < 1.29 is 13.9 Å². The minimum atomic E-state index is -0.281. The van der Waals surface area contributed by atoms with E-state index in [1.54, 1.807) is 20.3 Å². The van der Waals surface area contributed by atoms with Crippen LogP contribution in [-0.4, -0.2) is 42.2 Å². The van der Waals surface area contributed by atoms with Crippen molar-refractivity contribution in [3.05, 3.63) is 47.0 Å². The summed E-state index contributed by atoms with van der Waals surface area (Å²) in [5.74, 6) is 1.37.